The first-order valence-electron chi connectivity index (χ1n) is 2.63. The van der Waals surface area contributed by atoms with Gasteiger partial charge in [0.25, 0.3) is 0 Å². The van der Waals surface area contributed by atoms with Crippen molar-refractivity contribution in [1.82, 2.24) is 0 Å². The van der Waals surface area contributed by atoms with Crippen LogP contribution in [0.4, 0.5) is 0 Å². The van der Waals surface area contributed by atoms with Gasteiger partial charge >= 0.3 is 0 Å². The minimum Gasteiger partial charge on any atom is -0.299 e. The lowest BCUT2D eigenvalue weighted by atomic mass is 9.92. The zero-order chi connectivity index (χ0) is 5.98. The Morgan fingerprint density at radius 2 is 2.50 bits per heavy atom. The van der Waals surface area contributed by atoms with E-state index in [-0.39, 0.29) is 0 Å². The number of aldehydes is 1. The molecule has 8 heavy (non-hydrogen) atoms. The molecule has 1 nitrogen and oxygen atoms in total. The highest BCUT2D eigenvalue weighted by Gasteiger charge is 2.19. The highest BCUT2D eigenvalue weighted by Crippen LogP contribution is 2.32. The number of carbonyl (C=O) groups is 1. The highest BCUT2D eigenvalue weighted by atomic mass is 79.9. The molecule has 2 heteroatoms. The van der Waals surface area contributed by atoms with Crippen LogP contribution in [-0.2, 0) is 4.79 Å². The van der Waals surface area contributed by atoms with Gasteiger partial charge in [0.05, 0.1) is 0 Å². The Kier molecular flexibility index (Phi) is 1.84. The van der Waals surface area contributed by atoms with Gasteiger partial charge < -0.3 is 0 Å². The van der Waals surface area contributed by atoms with Crippen molar-refractivity contribution < 1.29 is 4.79 Å². The molecule has 1 rings (SSSR count). The number of rotatable bonds is 1. The van der Waals surface area contributed by atoms with Gasteiger partial charge in [0.15, 0.2) is 0 Å². The van der Waals surface area contributed by atoms with Crippen LogP contribution in [0.3, 0.4) is 0 Å². The van der Waals surface area contributed by atoms with Crippen LogP contribution in [0.15, 0.2) is 11.6 Å². The molecule has 1 atom stereocenters. The van der Waals surface area contributed by atoms with E-state index < -0.39 is 0 Å². The molecule has 0 saturated heterocycles. The van der Waals surface area contributed by atoms with Gasteiger partial charge in [-0.3, -0.25) is 4.79 Å². The molecule has 1 aliphatic rings. The number of allylic oxidation sites excluding steroid dienone is 2. The number of alkyl halides is 1. The molecule has 1 unspecified atom stereocenters. The summed E-state index contributed by atoms with van der Waals surface area (Å²) < 4.78 is 0. The third-order valence-electron chi connectivity index (χ3n) is 1.37. The van der Waals surface area contributed by atoms with E-state index in [9.17, 15) is 4.79 Å². The number of carbonyl (C=O) groups excluding carboxylic acids is 1. The van der Waals surface area contributed by atoms with Gasteiger partial charge in [-0.2, -0.15) is 0 Å². The molecule has 0 amide bonds. The highest BCUT2D eigenvalue weighted by molar-refractivity contribution is 9.09. The molecule has 0 heterocycles. The lowest BCUT2D eigenvalue weighted by Gasteiger charge is -2.22. The number of hydrogen-bond donors (Lipinski definition) is 0. The van der Waals surface area contributed by atoms with Gasteiger partial charge in [-0.25, -0.2) is 0 Å². The van der Waals surface area contributed by atoms with E-state index in [2.05, 4.69) is 15.9 Å². The Morgan fingerprint density at radius 3 is 2.62 bits per heavy atom. The van der Waals surface area contributed by atoms with Crippen LogP contribution in [-0.4, -0.2) is 11.1 Å². The Hall–Kier alpha value is -0.110. The van der Waals surface area contributed by atoms with E-state index in [0.29, 0.717) is 4.83 Å². The Balaban J connectivity index is 2.47. The lowest BCUT2D eigenvalue weighted by Crippen LogP contribution is -2.14. The predicted octanol–water partition coefficient (Wildman–Crippen LogP) is 1.67. The Bertz CT molecular complexity index is 128. The van der Waals surface area contributed by atoms with Crippen molar-refractivity contribution in [3.8, 4) is 0 Å². The number of halogens is 1. The van der Waals surface area contributed by atoms with Crippen molar-refractivity contribution >= 4 is 22.2 Å². The van der Waals surface area contributed by atoms with Crippen LogP contribution < -0.4 is 0 Å². The third-order valence-corrected chi connectivity index (χ3v) is 2.42. The Labute approximate surface area is 56.9 Å². The van der Waals surface area contributed by atoms with Gasteiger partial charge in [-0.1, -0.05) is 21.5 Å². The molecule has 0 N–H and O–H groups in total. The summed E-state index contributed by atoms with van der Waals surface area (Å²) in [6.45, 7) is 0. The van der Waals surface area contributed by atoms with Crippen molar-refractivity contribution in [3.05, 3.63) is 11.6 Å². The molecule has 1 fully saturated rings. The van der Waals surface area contributed by atoms with Gasteiger partial charge in [-0.05, 0) is 18.9 Å². The maximum absolute atomic E-state index is 9.86. The molecule has 1 saturated carbocycles. The standard InChI is InChI=1S/C6H7BrO/c7-6-2-1-5(6)3-4-8/h3-4,6H,1-2H2. The van der Waals surface area contributed by atoms with Crippen LogP contribution in [0.25, 0.3) is 0 Å². The summed E-state index contributed by atoms with van der Waals surface area (Å²) in [6.07, 6.45) is 4.76. The fourth-order valence-electron chi connectivity index (χ4n) is 0.695. The summed E-state index contributed by atoms with van der Waals surface area (Å²) in [5.74, 6) is 0. The largest absolute Gasteiger partial charge is 0.299 e. The first kappa shape index (κ1) is 6.02. The van der Waals surface area contributed by atoms with Gasteiger partial charge in [0, 0.05) is 4.83 Å². The molecular formula is C6H7BrO. The smallest absolute Gasteiger partial charge is 0.142 e. The second-order valence-corrected chi connectivity index (χ2v) is 2.99. The van der Waals surface area contributed by atoms with Crippen molar-refractivity contribution in [1.29, 1.82) is 0 Å². The van der Waals surface area contributed by atoms with Crippen molar-refractivity contribution in [2.24, 2.45) is 0 Å². The second-order valence-electron chi connectivity index (χ2n) is 1.88. The van der Waals surface area contributed by atoms with E-state index in [0.717, 1.165) is 12.7 Å². The second kappa shape index (κ2) is 2.44. The normalized spacial score (nSPS) is 32.1. The van der Waals surface area contributed by atoms with E-state index in [4.69, 9.17) is 0 Å². The maximum atomic E-state index is 9.86. The van der Waals surface area contributed by atoms with Crippen molar-refractivity contribution in [2.75, 3.05) is 0 Å². The van der Waals surface area contributed by atoms with Crippen molar-refractivity contribution in [3.63, 3.8) is 0 Å². The van der Waals surface area contributed by atoms with Crippen LogP contribution in [0.2, 0.25) is 0 Å². The summed E-state index contributed by atoms with van der Waals surface area (Å²) in [4.78, 5) is 10.3. The average molecular weight is 175 g/mol. The SMILES string of the molecule is O=CC=C1CCC1Br. The quantitative estimate of drug-likeness (QED) is 0.336. The summed E-state index contributed by atoms with van der Waals surface area (Å²) in [7, 11) is 0. The fraction of sp³-hybridized carbons (Fsp3) is 0.500. The maximum Gasteiger partial charge on any atom is 0.142 e. The van der Waals surface area contributed by atoms with Gasteiger partial charge in [-0.15, -0.1) is 0 Å². The van der Waals surface area contributed by atoms with Crippen LogP contribution >= 0.6 is 15.9 Å². The fourth-order valence-corrected chi connectivity index (χ4v) is 1.31. The molecule has 0 bridgehead atoms. The van der Waals surface area contributed by atoms with E-state index in [1.54, 1.807) is 6.08 Å². The molecule has 0 aromatic carbocycles. The van der Waals surface area contributed by atoms with E-state index >= 15 is 0 Å². The summed E-state index contributed by atoms with van der Waals surface area (Å²) in [5.41, 5.74) is 1.24. The zero-order valence-corrected chi connectivity index (χ0v) is 6.02. The predicted molar refractivity (Wildman–Crippen MR) is 36.1 cm³/mol. The number of hydrogen-bond acceptors (Lipinski definition) is 1. The molecular weight excluding hydrogens is 168 g/mol. The molecule has 0 spiro atoms. The third kappa shape index (κ3) is 0.996. The molecule has 44 valence electrons. The van der Waals surface area contributed by atoms with Crippen LogP contribution in [0.1, 0.15) is 12.8 Å². The molecule has 0 aromatic heterocycles. The van der Waals surface area contributed by atoms with Crippen LogP contribution in [0, 0.1) is 0 Å². The zero-order valence-electron chi connectivity index (χ0n) is 4.43. The molecule has 0 aromatic rings. The summed E-state index contributed by atoms with van der Waals surface area (Å²) in [6, 6.07) is 0. The van der Waals surface area contributed by atoms with Crippen LogP contribution in [0.5, 0.6) is 0 Å². The summed E-state index contributed by atoms with van der Waals surface area (Å²) >= 11 is 3.40. The Morgan fingerprint density at radius 1 is 1.75 bits per heavy atom. The molecule has 1 aliphatic carbocycles. The summed E-state index contributed by atoms with van der Waals surface area (Å²) in [5, 5.41) is 0. The minimum atomic E-state index is 0.493. The topological polar surface area (TPSA) is 17.1 Å². The van der Waals surface area contributed by atoms with E-state index in [1.807, 2.05) is 0 Å². The monoisotopic (exact) mass is 174 g/mol. The van der Waals surface area contributed by atoms with Crippen molar-refractivity contribution in [2.45, 2.75) is 17.7 Å². The first-order valence-corrected chi connectivity index (χ1v) is 3.54. The lowest BCUT2D eigenvalue weighted by molar-refractivity contribution is -0.104. The minimum absolute atomic E-state index is 0.493. The first-order chi connectivity index (χ1) is 3.84. The average Bonchev–Trinajstić information content (AvgIpc) is 1.79. The molecule has 0 radical (unpaired) electrons. The molecule has 0 aliphatic heterocycles. The van der Waals surface area contributed by atoms with Gasteiger partial charge in [0.2, 0.25) is 0 Å². The van der Waals surface area contributed by atoms with E-state index in [1.165, 1.54) is 12.0 Å². The van der Waals surface area contributed by atoms with Gasteiger partial charge in [0.1, 0.15) is 6.29 Å².